The largest absolute Gasteiger partial charge is 0.481 e. The van der Waals surface area contributed by atoms with Crippen LogP contribution >= 0.6 is 23.2 Å². The summed E-state index contributed by atoms with van der Waals surface area (Å²) in [4.78, 5) is 45.7. The number of imidazole rings is 1. The van der Waals surface area contributed by atoms with E-state index in [1.54, 1.807) is 47.6 Å². The zero-order valence-corrected chi connectivity index (χ0v) is 19.3. The SMILES string of the molecule is O=C(O)CC(NC(=O)C1CC(=O)N(c2cccc(Nc3ncc[nH]3)c2)C1)c1cc(Cl)cc(Cl)c1. The number of carboxylic acid groups (broad SMARTS) is 1. The van der Waals surface area contributed by atoms with Gasteiger partial charge in [0, 0.05) is 46.8 Å². The highest BCUT2D eigenvalue weighted by atomic mass is 35.5. The molecular weight excluding hydrogens is 481 g/mol. The molecule has 176 valence electrons. The molecule has 0 radical (unpaired) electrons. The Hall–Kier alpha value is -3.56. The van der Waals surface area contributed by atoms with Gasteiger partial charge in [-0.2, -0.15) is 0 Å². The van der Waals surface area contributed by atoms with Gasteiger partial charge < -0.3 is 25.6 Å². The van der Waals surface area contributed by atoms with Crippen molar-refractivity contribution in [2.24, 2.45) is 5.92 Å². The fourth-order valence-electron chi connectivity index (χ4n) is 3.85. The maximum Gasteiger partial charge on any atom is 0.305 e. The van der Waals surface area contributed by atoms with Crippen LogP contribution in [-0.2, 0) is 14.4 Å². The number of amides is 2. The fourth-order valence-corrected chi connectivity index (χ4v) is 4.39. The molecule has 0 bridgehead atoms. The Bertz CT molecular complexity index is 1200. The Morgan fingerprint density at radius 2 is 1.97 bits per heavy atom. The Morgan fingerprint density at radius 1 is 1.21 bits per heavy atom. The molecule has 1 aromatic heterocycles. The smallest absolute Gasteiger partial charge is 0.305 e. The van der Waals surface area contributed by atoms with E-state index in [4.69, 9.17) is 23.2 Å². The van der Waals surface area contributed by atoms with E-state index in [-0.39, 0.29) is 25.3 Å². The topological polar surface area (TPSA) is 127 Å². The van der Waals surface area contributed by atoms with E-state index in [0.29, 0.717) is 27.2 Å². The van der Waals surface area contributed by atoms with Gasteiger partial charge in [-0.05, 0) is 42.0 Å². The third-order valence-electron chi connectivity index (χ3n) is 5.40. The normalized spacial score (nSPS) is 16.4. The van der Waals surface area contributed by atoms with Crippen LogP contribution in [0, 0.1) is 5.92 Å². The number of aromatic amines is 1. The van der Waals surface area contributed by atoms with E-state index < -0.39 is 23.8 Å². The molecule has 9 nitrogen and oxygen atoms in total. The lowest BCUT2D eigenvalue weighted by Crippen LogP contribution is -2.36. The highest BCUT2D eigenvalue weighted by Gasteiger charge is 2.36. The number of aromatic nitrogens is 2. The van der Waals surface area contributed by atoms with E-state index in [1.165, 1.54) is 6.07 Å². The van der Waals surface area contributed by atoms with E-state index in [1.807, 2.05) is 6.07 Å². The van der Waals surface area contributed by atoms with Crippen molar-refractivity contribution in [1.29, 1.82) is 0 Å². The Kier molecular flexibility index (Phi) is 7.04. The molecule has 11 heteroatoms. The first-order chi connectivity index (χ1) is 16.3. The monoisotopic (exact) mass is 501 g/mol. The summed E-state index contributed by atoms with van der Waals surface area (Å²) in [5.74, 6) is -1.78. The first-order valence-electron chi connectivity index (χ1n) is 10.4. The summed E-state index contributed by atoms with van der Waals surface area (Å²) >= 11 is 12.1. The second-order valence-corrected chi connectivity index (χ2v) is 8.75. The summed E-state index contributed by atoms with van der Waals surface area (Å²) in [7, 11) is 0. The van der Waals surface area contributed by atoms with Gasteiger partial charge in [0.05, 0.1) is 18.4 Å². The summed E-state index contributed by atoms with van der Waals surface area (Å²) < 4.78 is 0. The number of H-pyrrole nitrogens is 1. The average Bonchev–Trinajstić information content (AvgIpc) is 3.42. The minimum Gasteiger partial charge on any atom is -0.481 e. The second kappa shape index (κ2) is 10.1. The molecule has 2 amide bonds. The molecular formula is C23H21Cl2N5O4. The van der Waals surface area contributed by atoms with Crippen LogP contribution in [0.15, 0.2) is 54.9 Å². The molecule has 4 rings (SSSR count). The van der Waals surface area contributed by atoms with Crippen molar-refractivity contribution >= 4 is 58.3 Å². The predicted molar refractivity (Wildman–Crippen MR) is 128 cm³/mol. The zero-order chi connectivity index (χ0) is 24.2. The highest BCUT2D eigenvalue weighted by molar-refractivity contribution is 6.34. The van der Waals surface area contributed by atoms with Crippen molar-refractivity contribution in [3.63, 3.8) is 0 Å². The van der Waals surface area contributed by atoms with Gasteiger partial charge in [0.25, 0.3) is 0 Å². The number of hydrogen-bond donors (Lipinski definition) is 4. The molecule has 1 saturated heterocycles. The van der Waals surface area contributed by atoms with Gasteiger partial charge in [0.15, 0.2) is 0 Å². The van der Waals surface area contributed by atoms with E-state index in [2.05, 4.69) is 20.6 Å². The third kappa shape index (κ3) is 5.67. The van der Waals surface area contributed by atoms with Gasteiger partial charge in [-0.3, -0.25) is 14.4 Å². The molecule has 1 aliphatic heterocycles. The number of nitrogens with zero attached hydrogens (tertiary/aromatic N) is 2. The summed E-state index contributed by atoms with van der Waals surface area (Å²) in [6.07, 6.45) is 2.97. The third-order valence-corrected chi connectivity index (χ3v) is 5.83. The van der Waals surface area contributed by atoms with Gasteiger partial charge >= 0.3 is 5.97 Å². The number of carbonyl (C=O) groups is 3. The van der Waals surface area contributed by atoms with Crippen molar-refractivity contribution in [2.75, 3.05) is 16.8 Å². The van der Waals surface area contributed by atoms with Crippen molar-refractivity contribution in [3.8, 4) is 0 Å². The lowest BCUT2D eigenvalue weighted by atomic mass is 10.0. The van der Waals surface area contributed by atoms with Crippen molar-refractivity contribution < 1.29 is 19.5 Å². The van der Waals surface area contributed by atoms with Gasteiger partial charge in [0.2, 0.25) is 17.8 Å². The van der Waals surface area contributed by atoms with Crippen LogP contribution in [0.4, 0.5) is 17.3 Å². The van der Waals surface area contributed by atoms with Crippen molar-refractivity contribution in [1.82, 2.24) is 15.3 Å². The minimum absolute atomic E-state index is 0.0117. The van der Waals surface area contributed by atoms with Crippen LogP contribution in [-0.4, -0.2) is 39.4 Å². The number of nitrogens with one attached hydrogen (secondary N) is 3. The molecule has 3 aromatic rings. The van der Waals surface area contributed by atoms with Gasteiger partial charge in [-0.25, -0.2) is 4.98 Å². The van der Waals surface area contributed by atoms with E-state index >= 15 is 0 Å². The Balaban J connectivity index is 1.47. The molecule has 2 heterocycles. The number of anilines is 3. The number of carboxylic acids is 1. The maximum atomic E-state index is 13.0. The summed E-state index contributed by atoms with van der Waals surface area (Å²) in [6, 6.07) is 11.0. The predicted octanol–water partition coefficient (Wildman–Crippen LogP) is 4.15. The minimum atomic E-state index is -1.09. The number of hydrogen-bond acceptors (Lipinski definition) is 5. The quantitative estimate of drug-likeness (QED) is 0.367. The zero-order valence-electron chi connectivity index (χ0n) is 17.8. The lowest BCUT2D eigenvalue weighted by molar-refractivity contribution is -0.138. The van der Waals surface area contributed by atoms with Crippen molar-refractivity contribution in [2.45, 2.75) is 18.9 Å². The molecule has 0 spiro atoms. The van der Waals surface area contributed by atoms with Gasteiger partial charge in [-0.1, -0.05) is 29.3 Å². The second-order valence-electron chi connectivity index (χ2n) is 7.88. The average molecular weight is 502 g/mol. The Morgan fingerprint density at radius 3 is 2.65 bits per heavy atom. The molecule has 2 atom stereocenters. The number of halogens is 2. The number of benzene rings is 2. The molecule has 1 aliphatic rings. The molecule has 2 aromatic carbocycles. The maximum absolute atomic E-state index is 13.0. The summed E-state index contributed by atoms with van der Waals surface area (Å²) in [6.45, 7) is 0.172. The van der Waals surface area contributed by atoms with Crippen molar-refractivity contribution in [3.05, 3.63) is 70.5 Å². The molecule has 2 unspecified atom stereocenters. The van der Waals surface area contributed by atoms with Gasteiger partial charge in [-0.15, -0.1) is 0 Å². The summed E-state index contributed by atoms with van der Waals surface area (Å²) in [5.41, 5.74) is 1.85. The van der Waals surface area contributed by atoms with E-state index in [0.717, 1.165) is 5.69 Å². The molecule has 0 saturated carbocycles. The summed E-state index contributed by atoms with van der Waals surface area (Å²) in [5, 5.41) is 15.8. The molecule has 34 heavy (non-hydrogen) atoms. The van der Waals surface area contributed by atoms with Crippen LogP contribution in [0.25, 0.3) is 0 Å². The highest BCUT2D eigenvalue weighted by Crippen LogP contribution is 2.30. The number of aliphatic carboxylic acids is 1. The number of carbonyl (C=O) groups excluding carboxylic acids is 2. The molecule has 4 N–H and O–H groups in total. The van der Waals surface area contributed by atoms with Gasteiger partial charge in [0.1, 0.15) is 0 Å². The van der Waals surface area contributed by atoms with Crippen LogP contribution < -0.4 is 15.5 Å². The molecule has 0 aliphatic carbocycles. The van der Waals surface area contributed by atoms with E-state index in [9.17, 15) is 19.5 Å². The van der Waals surface area contributed by atoms with Crippen LogP contribution in [0.3, 0.4) is 0 Å². The fraction of sp³-hybridized carbons (Fsp3) is 0.217. The molecule has 1 fully saturated rings. The first kappa shape index (κ1) is 23.6. The van der Waals surface area contributed by atoms with Crippen LogP contribution in [0.1, 0.15) is 24.4 Å². The van der Waals surface area contributed by atoms with Crippen LogP contribution in [0.2, 0.25) is 10.0 Å². The lowest BCUT2D eigenvalue weighted by Gasteiger charge is -2.21. The standard InChI is InChI=1S/C23H21Cl2N5O4/c24-15-6-13(7-16(25)9-15)19(11-21(32)33)29-22(34)14-8-20(31)30(12-14)18-3-1-2-17(10-18)28-23-26-4-5-27-23/h1-7,9-10,14,19H,8,11-12H2,(H,29,34)(H,32,33)(H2,26,27,28). The van der Waals surface area contributed by atoms with Crippen LogP contribution in [0.5, 0.6) is 0 Å². The number of rotatable bonds is 8. The first-order valence-corrected chi connectivity index (χ1v) is 11.2. The Labute approximate surface area is 205 Å².